The molecular formula is C22H18N4O3. The number of nitrogens with zero attached hydrogens (tertiary/aromatic N) is 4. The number of anilines is 1. The molecule has 0 aliphatic carbocycles. The van der Waals surface area contributed by atoms with Crippen molar-refractivity contribution in [1.82, 2.24) is 15.1 Å². The van der Waals surface area contributed by atoms with Crippen LogP contribution in [0, 0.1) is 0 Å². The summed E-state index contributed by atoms with van der Waals surface area (Å²) < 4.78 is 11.3. The highest BCUT2D eigenvalue weighted by atomic mass is 16.5. The fourth-order valence-corrected chi connectivity index (χ4v) is 3.41. The Labute approximate surface area is 167 Å². The van der Waals surface area contributed by atoms with Crippen molar-refractivity contribution in [1.29, 1.82) is 0 Å². The number of hydrogen-bond donors (Lipinski definition) is 1. The van der Waals surface area contributed by atoms with Gasteiger partial charge in [0.1, 0.15) is 6.61 Å². The number of aromatic nitrogens is 3. The van der Waals surface area contributed by atoms with Gasteiger partial charge in [-0.15, -0.1) is 0 Å². The van der Waals surface area contributed by atoms with Crippen LogP contribution in [0.3, 0.4) is 0 Å². The van der Waals surface area contributed by atoms with E-state index in [0.29, 0.717) is 37.3 Å². The summed E-state index contributed by atoms with van der Waals surface area (Å²) in [5.74, 6) is 1.57. The van der Waals surface area contributed by atoms with Crippen molar-refractivity contribution < 1.29 is 14.4 Å². The SMILES string of the molecule is Oc1cc(-c2cccnc2)cc2c1OCCN(c1noc(-c3ccccc3)n1)C2. The normalized spacial score (nSPS) is 13.4. The number of rotatable bonds is 3. The van der Waals surface area contributed by atoms with Gasteiger partial charge in [-0.2, -0.15) is 4.98 Å². The van der Waals surface area contributed by atoms with Crippen LogP contribution in [0.1, 0.15) is 5.56 Å². The maximum Gasteiger partial charge on any atom is 0.266 e. The van der Waals surface area contributed by atoms with Crippen LogP contribution in [0.5, 0.6) is 11.5 Å². The monoisotopic (exact) mass is 386 g/mol. The number of phenols is 1. The van der Waals surface area contributed by atoms with Gasteiger partial charge in [-0.3, -0.25) is 4.98 Å². The molecule has 0 spiro atoms. The minimum atomic E-state index is 0.112. The Morgan fingerprint density at radius 2 is 1.83 bits per heavy atom. The van der Waals surface area contributed by atoms with Crippen molar-refractivity contribution in [2.45, 2.75) is 6.54 Å². The van der Waals surface area contributed by atoms with E-state index in [1.165, 1.54) is 0 Å². The molecule has 0 amide bonds. The van der Waals surface area contributed by atoms with Crippen LogP contribution in [0.25, 0.3) is 22.6 Å². The summed E-state index contributed by atoms with van der Waals surface area (Å²) in [5.41, 5.74) is 3.52. The molecule has 2 aromatic heterocycles. The van der Waals surface area contributed by atoms with Gasteiger partial charge in [0.15, 0.2) is 11.5 Å². The minimum Gasteiger partial charge on any atom is -0.504 e. The van der Waals surface area contributed by atoms with Crippen LogP contribution >= 0.6 is 0 Å². The number of hydrogen-bond acceptors (Lipinski definition) is 7. The molecule has 3 heterocycles. The fraction of sp³-hybridized carbons (Fsp3) is 0.136. The number of ether oxygens (including phenoxy) is 1. The highest BCUT2D eigenvalue weighted by molar-refractivity contribution is 5.69. The molecule has 2 aromatic carbocycles. The number of pyridine rings is 1. The Bertz CT molecular complexity index is 1130. The summed E-state index contributed by atoms with van der Waals surface area (Å²) in [6.45, 7) is 1.47. The fourth-order valence-electron chi connectivity index (χ4n) is 3.41. The molecule has 1 aliphatic heterocycles. The zero-order chi connectivity index (χ0) is 19.6. The van der Waals surface area contributed by atoms with Crippen LogP contribution in [-0.4, -0.2) is 33.4 Å². The number of phenolic OH excluding ortho intramolecular Hbond substituents is 1. The lowest BCUT2D eigenvalue weighted by atomic mass is 10.0. The molecule has 1 N–H and O–H groups in total. The lowest BCUT2D eigenvalue weighted by Gasteiger charge is -2.17. The first-order chi connectivity index (χ1) is 14.3. The van der Waals surface area contributed by atoms with Gasteiger partial charge >= 0.3 is 0 Å². The van der Waals surface area contributed by atoms with E-state index in [1.54, 1.807) is 18.5 Å². The Kier molecular flexibility index (Phi) is 4.32. The van der Waals surface area contributed by atoms with Crippen LogP contribution in [-0.2, 0) is 6.54 Å². The lowest BCUT2D eigenvalue weighted by Crippen LogP contribution is -2.26. The Hall–Kier alpha value is -3.87. The first-order valence-corrected chi connectivity index (χ1v) is 9.31. The smallest absolute Gasteiger partial charge is 0.266 e. The van der Waals surface area contributed by atoms with Crippen LogP contribution < -0.4 is 9.64 Å². The van der Waals surface area contributed by atoms with E-state index in [9.17, 15) is 5.11 Å². The van der Waals surface area contributed by atoms with E-state index in [1.807, 2.05) is 53.4 Å². The number of aromatic hydroxyl groups is 1. The van der Waals surface area contributed by atoms with Gasteiger partial charge in [-0.05, 0) is 41.1 Å². The average Bonchev–Trinajstić information content (AvgIpc) is 3.16. The summed E-state index contributed by atoms with van der Waals surface area (Å²) in [5, 5.41) is 14.7. The van der Waals surface area contributed by atoms with Crippen molar-refractivity contribution in [3.63, 3.8) is 0 Å². The first kappa shape index (κ1) is 17.2. The standard InChI is InChI=1S/C22H18N4O3/c27-19-12-17(16-7-4-8-23-13-16)11-18-14-26(9-10-28-20(18)19)22-24-21(29-25-22)15-5-2-1-3-6-15/h1-8,11-13,27H,9-10,14H2. The lowest BCUT2D eigenvalue weighted by molar-refractivity contribution is 0.311. The second-order valence-electron chi connectivity index (χ2n) is 6.76. The molecule has 5 rings (SSSR count). The molecule has 29 heavy (non-hydrogen) atoms. The van der Waals surface area contributed by atoms with Crippen molar-refractivity contribution in [3.05, 3.63) is 72.6 Å². The van der Waals surface area contributed by atoms with Crippen LogP contribution in [0.4, 0.5) is 5.95 Å². The summed E-state index contributed by atoms with van der Waals surface area (Å²) in [6.07, 6.45) is 3.49. The third-order valence-electron chi connectivity index (χ3n) is 4.83. The predicted molar refractivity (Wildman–Crippen MR) is 108 cm³/mol. The first-order valence-electron chi connectivity index (χ1n) is 9.31. The zero-order valence-electron chi connectivity index (χ0n) is 15.5. The van der Waals surface area contributed by atoms with E-state index in [0.717, 1.165) is 22.3 Å². The molecule has 144 valence electrons. The van der Waals surface area contributed by atoms with Crippen LogP contribution in [0.2, 0.25) is 0 Å². The molecule has 0 unspecified atom stereocenters. The van der Waals surface area contributed by atoms with Gasteiger partial charge in [-0.1, -0.05) is 24.3 Å². The Morgan fingerprint density at radius 3 is 2.66 bits per heavy atom. The molecule has 0 atom stereocenters. The molecule has 4 aromatic rings. The van der Waals surface area contributed by atoms with Crippen molar-refractivity contribution >= 4 is 5.95 Å². The van der Waals surface area contributed by atoms with Crippen molar-refractivity contribution in [3.8, 4) is 34.1 Å². The van der Waals surface area contributed by atoms with E-state index in [2.05, 4.69) is 15.1 Å². The Morgan fingerprint density at radius 1 is 0.966 bits per heavy atom. The largest absolute Gasteiger partial charge is 0.504 e. The predicted octanol–water partition coefficient (Wildman–Crippen LogP) is 3.90. The van der Waals surface area contributed by atoms with E-state index in [-0.39, 0.29) is 5.75 Å². The molecule has 0 radical (unpaired) electrons. The van der Waals surface area contributed by atoms with E-state index >= 15 is 0 Å². The van der Waals surface area contributed by atoms with Crippen molar-refractivity contribution in [2.75, 3.05) is 18.1 Å². The number of benzene rings is 2. The van der Waals surface area contributed by atoms with Crippen LogP contribution in [0.15, 0.2) is 71.5 Å². The third-order valence-corrected chi connectivity index (χ3v) is 4.83. The summed E-state index contributed by atoms with van der Waals surface area (Å²) in [7, 11) is 0. The highest BCUT2D eigenvalue weighted by Gasteiger charge is 2.23. The second kappa shape index (κ2) is 7.27. The molecular weight excluding hydrogens is 368 g/mol. The van der Waals surface area contributed by atoms with E-state index < -0.39 is 0 Å². The summed E-state index contributed by atoms with van der Waals surface area (Å²) in [6, 6.07) is 17.2. The molecule has 0 saturated heterocycles. The zero-order valence-corrected chi connectivity index (χ0v) is 15.5. The van der Waals surface area contributed by atoms with E-state index in [4.69, 9.17) is 9.26 Å². The molecule has 0 fully saturated rings. The highest BCUT2D eigenvalue weighted by Crippen LogP contribution is 2.38. The third kappa shape index (κ3) is 3.38. The molecule has 0 saturated carbocycles. The second-order valence-corrected chi connectivity index (χ2v) is 6.76. The quantitative estimate of drug-likeness (QED) is 0.571. The minimum absolute atomic E-state index is 0.112. The topological polar surface area (TPSA) is 84.5 Å². The van der Waals surface area contributed by atoms with Gasteiger partial charge < -0.3 is 19.3 Å². The summed E-state index contributed by atoms with van der Waals surface area (Å²) >= 11 is 0. The maximum atomic E-state index is 10.5. The number of fused-ring (bicyclic) bond motifs is 1. The molecule has 7 heteroatoms. The molecule has 7 nitrogen and oxygen atoms in total. The maximum absolute atomic E-state index is 10.5. The van der Waals surface area contributed by atoms with Gasteiger partial charge in [0, 0.05) is 35.6 Å². The molecule has 0 bridgehead atoms. The van der Waals surface area contributed by atoms with Crippen molar-refractivity contribution in [2.24, 2.45) is 0 Å². The Balaban J connectivity index is 1.48. The molecule has 1 aliphatic rings. The van der Waals surface area contributed by atoms with Gasteiger partial charge in [0.2, 0.25) is 0 Å². The average molecular weight is 386 g/mol. The van der Waals surface area contributed by atoms with Gasteiger partial charge in [0.25, 0.3) is 11.8 Å². The van der Waals surface area contributed by atoms with Gasteiger partial charge in [0.05, 0.1) is 6.54 Å². The summed E-state index contributed by atoms with van der Waals surface area (Å²) in [4.78, 5) is 10.7. The van der Waals surface area contributed by atoms with Gasteiger partial charge in [-0.25, -0.2) is 0 Å².